The van der Waals surface area contributed by atoms with Gasteiger partial charge in [0.15, 0.2) is 0 Å². The fourth-order valence-corrected chi connectivity index (χ4v) is 4.10. The van der Waals surface area contributed by atoms with Gasteiger partial charge in [-0.25, -0.2) is 0 Å². The quantitative estimate of drug-likeness (QED) is 0.790. The number of likely N-dealkylation sites (N-methyl/N-ethyl adjacent to an activating group) is 1. The number of nitrogens with zero attached hydrogens (tertiary/aromatic N) is 3. The fraction of sp³-hybridized carbons (Fsp3) is 0.316. The largest absolute Gasteiger partial charge is 0.368 e. The zero-order valence-electron chi connectivity index (χ0n) is 13.2. The van der Waals surface area contributed by atoms with Crippen molar-refractivity contribution in [3.8, 4) is 11.1 Å². The van der Waals surface area contributed by atoms with E-state index in [1.165, 1.54) is 34.3 Å². The van der Waals surface area contributed by atoms with Crippen LogP contribution in [0.3, 0.4) is 0 Å². The van der Waals surface area contributed by atoms with Gasteiger partial charge in [-0.1, -0.05) is 6.07 Å². The fourth-order valence-electron chi connectivity index (χ4n) is 4.10. The van der Waals surface area contributed by atoms with Crippen LogP contribution in [0.25, 0.3) is 22.0 Å². The van der Waals surface area contributed by atoms with Crippen LogP contribution in [-0.4, -0.2) is 47.6 Å². The lowest BCUT2D eigenvalue weighted by Gasteiger charge is -2.40. The minimum absolute atomic E-state index is 0.731. The Kier molecular flexibility index (Phi) is 2.76. The van der Waals surface area contributed by atoms with Crippen LogP contribution in [-0.2, 0) is 0 Å². The number of anilines is 1. The van der Waals surface area contributed by atoms with Crippen LogP contribution in [0.15, 0.2) is 48.9 Å². The zero-order chi connectivity index (χ0) is 15.4. The molecular formula is C19H20N4. The molecule has 2 aromatic heterocycles. The van der Waals surface area contributed by atoms with Crippen molar-refractivity contribution in [1.82, 2.24) is 14.9 Å². The lowest BCUT2D eigenvalue weighted by atomic mass is 9.93. The summed E-state index contributed by atoms with van der Waals surface area (Å²) in [5.41, 5.74) is 4.85. The molecule has 23 heavy (non-hydrogen) atoms. The van der Waals surface area contributed by atoms with Crippen LogP contribution < -0.4 is 4.90 Å². The van der Waals surface area contributed by atoms with E-state index < -0.39 is 0 Å². The van der Waals surface area contributed by atoms with E-state index in [0.717, 1.165) is 25.0 Å². The Morgan fingerprint density at radius 1 is 1.04 bits per heavy atom. The highest BCUT2D eigenvalue weighted by molar-refractivity contribution is 5.85. The predicted octanol–water partition coefficient (Wildman–Crippen LogP) is 2.98. The van der Waals surface area contributed by atoms with E-state index in [9.17, 15) is 0 Å². The van der Waals surface area contributed by atoms with Crippen LogP contribution in [0.1, 0.15) is 0 Å². The van der Waals surface area contributed by atoms with Gasteiger partial charge in [-0.3, -0.25) is 4.98 Å². The molecule has 4 nitrogen and oxygen atoms in total. The normalized spacial score (nSPS) is 24.0. The van der Waals surface area contributed by atoms with Gasteiger partial charge in [-0.15, -0.1) is 0 Å². The average Bonchev–Trinajstić information content (AvgIpc) is 3.18. The van der Waals surface area contributed by atoms with Gasteiger partial charge in [-0.05, 0) is 42.3 Å². The van der Waals surface area contributed by atoms with Gasteiger partial charge >= 0.3 is 0 Å². The summed E-state index contributed by atoms with van der Waals surface area (Å²) >= 11 is 0. The Balaban J connectivity index is 1.48. The molecule has 116 valence electrons. The van der Waals surface area contributed by atoms with Gasteiger partial charge in [0, 0.05) is 55.1 Å². The summed E-state index contributed by atoms with van der Waals surface area (Å²) < 4.78 is 0. The Hall–Kier alpha value is -2.33. The van der Waals surface area contributed by atoms with Crippen molar-refractivity contribution < 1.29 is 0 Å². The van der Waals surface area contributed by atoms with Crippen molar-refractivity contribution in [2.75, 3.05) is 31.6 Å². The third-order valence-electron chi connectivity index (χ3n) is 5.47. The number of rotatable bonds is 2. The summed E-state index contributed by atoms with van der Waals surface area (Å²) in [6.07, 6.45) is 5.96. The van der Waals surface area contributed by atoms with Gasteiger partial charge in [-0.2, -0.15) is 0 Å². The number of aromatic nitrogens is 2. The third kappa shape index (κ3) is 2.05. The molecule has 2 fully saturated rings. The number of fused-ring (bicyclic) bond motifs is 2. The summed E-state index contributed by atoms with van der Waals surface area (Å²) in [5, 5.41) is 1.24. The molecule has 0 unspecified atom stereocenters. The van der Waals surface area contributed by atoms with Crippen molar-refractivity contribution in [2.45, 2.75) is 6.04 Å². The van der Waals surface area contributed by atoms with E-state index in [1.54, 1.807) is 0 Å². The number of hydrogen-bond donors (Lipinski definition) is 1. The molecule has 2 saturated heterocycles. The second-order valence-corrected chi connectivity index (χ2v) is 6.88. The maximum atomic E-state index is 4.50. The molecule has 0 saturated carbocycles. The van der Waals surface area contributed by atoms with Crippen molar-refractivity contribution in [3.05, 3.63) is 48.9 Å². The molecule has 0 amide bonds. The van der Waals surface area contributed by atoms with Gasteiger partial charge < -0.3 is 14.8 Å². The standard InChI is InChI=1S/C19H20N4/c1-22-10-16-11-23(12-19(16)22)17-7-15(8-20-9-17)13-2-3-18-14(6-13)4-5-21-18/h2-9,16,19,21H,10-12H2,1H3/t16-,19-/m1/s1. The van der Waals surface area contributed by atoms with Crippen LogP contribution in [0.2, 0.25) is 0 Å². The summed E-state index contributed by atoms with van der Waals surface area (Å²) in [6, 6.07) is 11.7. The predicted molar refractivity (Wildman–Crippen MR) is 93.7 cm³/mol. The lowest BCUT2D eigenvalue weighted by Crippen LogP contribution is -2.52. The lowest BCUT2D eigenvalue weighted by molar-refractivity contribution is 0.0827. The van der Waals surface area contributed by atoms with Gasteiger partial charge in [0.1, 0.15) is 0 Å². The first-order valence-electron chi connectivity index (χ1n) is 8.26. The average molecular weight is 304 g/mol. The summed E-state index contributed by atoms with van der Waals surface area (Å²) in [5.74, 6) is 0.833. The second kappa shape index (κ2) is 4.83. The van der Waals surface area contributed by atoms with Gasteiger partial charge in [0.2, 0.25) is 0 Å². The van der Waals surface area contributed by atoms with E-state index in [2.05, 4.69) is 57.1 Å². The van der Waals surface area contributed by atoms with E-state index >= 15 is 0 Å². The van der Waals surface area contributed by atoms with Crippen molar-refractivity contribution in [3.63, 3.8) is 0 Å². The smallest absolute Gasteiger partial charge is 0.0559 e. The number of likely N-dealkylation sites (tertiary alicyclic amines) is 1. The van der Waals surface area contributed by atoms with E-state index in [4.69, 9.17) is 0 Å². The molecule has 2 atom stereocenters. The number of benzene rings is 1. The van der Waals surface area contributed by atoms with Crippen molar-refractivity contribution in [1.29, 1.82) is 0 Å². The molecule has 4 heterocycles. The highest BCUT2D eigenvalue weighted by Crippen LogP contribution is 2.34. The first kappa shape index (κ1) is 13.1. The molecule has 0 radical (unpaired) electrons. The second-order valence-electron chi connectivity index (χ2n) is 6.88. The molecule has 2 aliphatic heterocycles. The number of nitrogens with one attached hydrogen (secondary N) is 1. The van der Waals surface area contributed by atoms with E-state index in [-0.39, 0.29) is 0 Å². The van der Waals surface area contributed by atoms with Crippen LogP contribution >= 0.6 is 0 Å². The monoisotopic (exact) mass is 304 g/mol. The molecule has 2 aliphatic rings. The zero-order valence-corrected chi connectivity index (χ0v) is 13.2. The molecule has 1 N–H and O–H groups in total. The number of H-pyrrole nitrogens is 1. The Morgan fingerprint density at radius 2 is 2.00 bits per heavy atom. The summed E-state index contributed by atoms with van der Waals surface area (Å²) in [6.45, 7) is 3.53. The van der Waals surface area contributed by atoms with E-state index in [0.29, 0.717) is 0 Å². The minimum atomic E-state index is 0.731. The summed E-state index contributed by atoms with van der Waals surface area (Å²) in [4.78, 5) is 12.7. The molecule has 4 heteroatoms. The molecule has 5 rings (SSSR count). The minimum Gasteiger partial charge on any atom is -0.368 e. The molecular weight excluding hydrogens is 284 g/mol. The summed E-state index contributed by atoms with van der Waals surface area (Å²) in [7, 11) is 2.23. The van der Waals surface area contributed by atoms with Crippen molar-refractivity contribution >= 4 is 16.6 Å². The molecule has 0 aliphatic carbocycles. The molecule has 0 spiro atoms. The maximum Gasteiger partial charge on any atom is 0.0559 e. The first-order chi connectivity index (χ1) is 11.3. The van der Waals surface area contributed by atoms with Gasteiger partial charge in [0.05, 0.1) is 11.9 Å². The maximum absolute atomic E-state index is 4.50. The van der Waals surface area contributed by atoms with Gasteiger partial charge in [0.25, 0.3) is 0 Å². The molecule has 3 aromatic rings. The SMILES string of the molecule is CN1C[C@@H]2CN(c3cncc(-c4ccc5[nH]ccc5c4)c3)C[C@H]21. The number of pyridine rings is 1. The Morgan fingerprint density at radius 3 is 2.87 bits per heavy atom. The number of hydrogen-bond acceptors (Lipinski definition) is 3. The Bertz CT molecular complexity index is 868. The highest BCUT2D eigenvalue weighted by atomic mass is 15.3. The molecule has 0 bridgehead atoms. The van der Waals surface area contributed by atoms with E-state index in [1.807, 2.05) is 18.6 Å². The Labute approximate surface area is 135 Å². The number of aromatic amines is 1. The first-order valence-corrected chi connectivity index (χ1v) is 8.26. The van der Waals surface area contributed by atoms with Crippen LogP contribution in [0.5, 0.6) is 0 Å². The third-order valence-corrected chi connectivity index (χ3v) is 5.47. The topological polar surface area (TPSA) is 35.2 Å². The highest BCUT2D eigenvalue weighted by Gasteiger charge is 2.43. The van der Waals surface area contributed by atoms with Crippen molar-refractivity contribution in [2.24, 2.45) is 5.92 Å². The van der Waals surface area contributed by atoms with Crippen LogP contribution in [0, 0.1) is 5.92 Å². The molecule has 1 aromatic carbocycles. The van der Waals surface area contributed by atoms with Crippen LogP contribution in [0.4, 0.5) is 5.69 Å².